The molecule has 1 aromatic carbocycles. The smallest absolute Gasteiger partial charge is 0.255 e. The summed E-state index contributed by atoms with van der Waals surface area (Å²) in [6.45, 7) is 4.40. The molecular weight excluding hydrogens is 523 g/mol. The van der Waals surface area contributed by atoms with Crippen LogP contribution in [0.25, 0.3) is 5.76 Å². The van der Waals surface area contributed by atoms with Gasteiger partial charge >= 0.3 is 0 Å². The van der Waals surface area contributed by atoms with Gasteiger partial charge in [0.15, 0.2) is 11.4 Å². The Hall–Kier alpha value is -3.48. The van der Waals surface area contributed by atoms with E-state index in [0.717, 1.165) is 0 Å². The number of ketones is 2. The zero-order valence-electron chi connectivity index (χ0n) is 23.5. The first-order valence-corrected chi connectivity index (χ1v) is 13.1. The van der Waals surface area contributed by atoms with Crippen molar-refractivity contribution in [3.8, 4) is 5.75 Å². The number of aromatic hydroxyl groups is 1. The summed E-state index contributed by atoms with van der Waals surface area (Å²) in [5.74, 6) is -8.20. The zero-order chi connectivity index (χ0) is 30.0. The number of aliphatic hydroxyl groups is 3. The van der Waals surface area contributed by atoms with E-state index in [2.05, 4.69) is 5.32 Å². The highest BCUT2D eigenvalue weighted by Crippen LogP contribution is 2.54. The number of Topliss-reactive ketones (excluding diaryl/α,β-unsaturated/α-hetero) is 2. The van der Waals surface area contributed by atoms with Crippen LogP contribution in [0.5, 0.6) is 5.75 Å². The van der Waals surface area contributed by atoms with E-state index in [4.69, 9.17) is 5.73 Å². The highest BCUT2D eigenvalue weighted by atomic mass is 19.1. The van der Waals surface area contributed by atoms with Gasteiger partial charge in [-0.05, 0) is 52.9 Å². The Morgan fingerprint density at radius 1 is 1.18 bits per heavy atom. The number of anilines is 1. The molecule has 4 rings (SSSR count). The molecule has 1 saturated carbocycles. The van der Waals surface area contributed by atoms with E-state index >= 15 is 4.39 Å². The second-order valence-electron chi connectivity index (χ2n) is 11.8. The molecule has 12 heteroatoms. The third-order valence-electron chi connectivity index (χ3n) is 8.08. The molecule has 4 atom stereocenters. The molecule has 0 aliphatic heterocycles. The molecule has 3 aliphatic rings. The van der Waals surface area contributed by atoms with Crippen LogP contribution in [0.4, 0.5) is 10.1 Å². The average Bonchev–Trinajstić information content (AvgIpc) is 2.83. The third-order valence-corrected chi connectivity index (χ3v) is 8.08. The van der Waals surface area contributed by atoms with Crippen LogP contribution in [-0.2, 0) is 27.3 Å². The number of hydrogen-bond acceptors (Lipinski definition) is 10. The van der Waals surface area contributed by atoms with E-state index in [0.29, 0.717) is 6.54 Å². The van der Waals surface area contributed by atoms with Crippen molar-refractivity contribution < 1.29 is 39.2 Å². The number of phenols is 1. The second-order valence-corrected chi connectivity index (χ2v) is 11.8. The molecule has 0 heterocycles. The second kappa shape index (κ2) is 10.2. The molecule has 3 aliphatic carbocycles. The lowest BCUT2D eigenvalue weighted by atomic mass is 9.57. The SMILES string of the molecule is CC(C)CNc1c(O)c2c(c(F)c1CN(C)C)C[C@H]1C[C@H]3[C@H](N(C)C)C(=O)C(C(N)=O)=C(O)[C@@]3(O)C(=O)C1=C2O. The summed E-state index contributed by atoms with van der Waals surface area (Å²) in [5.41, 5.74) is 1.40. The van der Waals surface area contributed by atoms with Crippen LogP contribution in [0.15, 0.2) is 16.9 Å². The Bertz CT molecular complexity index is 1370. The number of fused-ring (bicyclic) bond motifs is 3. The van der Waals surface area contributed by atoms with Crippen LogP contribution in [0.3, 0.4) is 0 Å². The van der Waals surface area contributed by atoms with Crippen LogP contribution >= 0.6 is 0 Å². The predicted molar refractivity (Wildman–Crippen MR) is 145 cm³/mol. The van der Waals surface area contributed by atoms with Gasteiger partial charge in [0, 0.05) is 35.7 Å². The van der Waals surface area contributed by atoms with Crippen molar-refractivity contribution in [1.29, 1.82) is 0 Å². The van der Waals surface area contributed by atoms with Crippen molar-refractivity contribution in [2.75, 3.05) is 40.1 Å². The number of amides is 1. The van der Waals surface area contributed by atoms with Gasteiger partial charge in [-0.2, -0.15) is 0 Å². The van der Waals surface area contributed by atoms with E-state index in [-0.39, 0.29) is 53.3 Å². The number of carbonyl (C=O) groups excluding carboxylic acids is 3. The number of nitrogens with one attached hydrogen (secondary N) is 1. The molecule has 0 spiro atoms. The summed E-state index contributed by atoms with van der Waals surface area (Å²) in [6.07, 6.45) is -0.221. The highest BCUT2D eigenvalue weighted by molar-refractivity contribution is 6.24. The van der Waals surface area contributed by atoms with Gasteiger partial charge in [0.2, 0.25) is 5.78 Å². The molecule has 1 aromatic rings. The highest BCUT2D eigenvalue weighted by Gasteiger charge is 2.64. The van der Waals surface area contributed by atoms with E-state index in [1.165, 1.54) is 19.0 Å². The van der Waals surface area contributed by atoms with Crippen LogP contribution in [0, 0.1) is 23.6 Å². The lowest BCUT2D eigenvalue weighted by Gasteiger charge is -2.50. The number of benzene rings is 1. The average molecular weight is 561 g/mol. The van der Waals surface area contributed by atoms with E-state index in [1.54, 1.807) is 19.0 Å². The molecule has 0 saturated heterocycles. The fourth-order valence-corrected chi connectivity index (χ4v) is 6.35. The summed E-state index contributed by atoms with van der Waals surface area (Å²) >= 11 is 0. The van der Waals surface area contributed by atoms with Gasteiger partial charge in [0.05, 0.1) is 17.3 Å². The number of phenolic OH excluding ortho intramolecular Hbond substituents is 1. The molecule has 7 N–H and O–H groups in total. The summed E-state index contributed by atoms with van der Waals surface area (Å²) < 4.78 is 16.2. The van der Waals surface area contributed by atoms with Crippen molar-refractivity contribution in [3.05, 3.63) is 39.4 Å². The first kappa shape index (κ1) is 29.5. The summed E-state index contributed by atoms with van der Waals surface area (Å²) in [6, 6.07) is -1.21. The largest absolute Gasteiger partial charge is 0.508 e. The molecule has 40 heavy (non-hydrogen) atoms. The molecular formula is C28H37FN4O7. The maximum absolute atomic E-state index is 16.2. The Balaban J connectivity index is 1.98. The number of primary amides is 1. The molecule has 1 amide bonds. The van der Waals surface area contributed by atoms with Crippen molar-refractivity contribution >= 4 is 28.9 Å². The van der Waals surface area contributed by atoms with Crippen LogP contribution in [0.1, 0.15) is 37.0 Å². The van der Waals surface area contributed by atoms with Crippen LogP contribution < -0.4 is 11.1 Å². The van der Waals surface area contributed by atoms with E-state index < -0.39 is 69.6 Å². The monoisotopic (exact) mass is 560 g/mol. The summed E-state index contributed by atoms with van der Waals surface area (Å²) in [7, 11) is 6.54. The quantitative estimate of drug-likeness (QED) is 0.210. The minimum Gasteiger partial charge on any atom is -0.508 e. The Morgan fingerprint density at radius 3 is 2.33 bits per heavy atom. The fourth-order valence-electron chi connectivity index (χ4n) is 6.35. The lowest BCUT2D eigenvalue weighted by Crippen LogP contribution is -2.65. The Labute approximate surface area is 231 Å². The maximum Gasteiger partial charge on any atom is 0.255 e. The number of aliphatic hydroxyl groups excluding tert-OH is 2. The molecule has 0 aromatic heterocycles. The van der Waals surface area contributed by atoms with Gasteiger partial charge in [-0.1, -0.05) is 13.8 Å². The molecule has 11 nitrogen and oxygen atoms in total. The normalized spacial score (nSPS) is 26.4. The number of hydrogen-bond donors (Lipinski definition) is 6. The molecule has 0 unspecified atom stereocenters. The van der Waals surface area contributed by atoms with Crippen LogP contribution in [0.2, 0.25) is 0 Å². The number of likely N-dealkylation sites (N-methyl/N-ethyl adjacent to an activating group) is 1. The summed E-state index contributed by atoms with van der Waals surface area (Å²) in [4.78, 5) is 42.4. The fraction of sp³-hybridized carbons (Fsp3) is 0.536. The maximum atomic E-state index is 16.2. The molecule has 0 radical (unpaired) electrons. The van der Waals surface area contributed by atoms with Crippen molar-refractivity contribution in [2.45, 2.75) is 44.9 Å². The van der Waals surface area contributed by atoms with Gasteiger partial charge < -0.3 is 36.4 Å². The van der Waals surface area contributed by atoms with Gasteiger partial charge in [0.1, 0.15) is 28.7 Å². The molecule has 1 fully saturated rings. The van der Waals surface area contributed by atoms with Gasteiger partial charge in [-0.25, -0.2) is 4.39 Å². The number of carbonyl (C=O) groups is 3. The number of nitrogens with two attached hydrogens (primary N) is 1. The first-order valence-electron chi connectivity index (χ1n) is 13.1. The lowest BCUT2D eigenvalue weighted by molar-refractivity contribution is -0.153. The minimum absolute atomic E-state index is 0.00932. The summed E-state index contributed by atoms with van der Waals surface area (Å²) in [5, 5.41) is 48.5. The Morgan fingerprint density at radius 2 is 1.80 bits per heavy atom. The zero-order valence-corrected chi connectivity index (χ0v) is 23.5. The standard InChI is InChI=1S/C28H37FN4O7/c1-11(2)9-31-20-14(10-32(3)4)19(29)13-7-12-8-15-21(33(5)6)24(36)18(27(30)39)26(38)28(15,40)25(37)16(12)22(34)17(13)23(20)35/h11-12,15,21,31,34-35,38,40H,7-10H2,1-6H3,(H2,30,39)/t12-,15-,21-,28-/m0/s1. The first-order chi connectivity index (χ1) is 18.5. The van der Waals surface area contributed by atoms with E-state index in [9.17, 15) is 34.8 Å². The van der Waals surface area contributed by atoms with Gasteiger partial charge in [-0.15, -0.1) is 0 Å². The van der Waals surface area contributed by atoms with E-state index in [1.807, 2.05) is 13.8 Å². The molecule has 218 valence electrons. The van der Waals surface area contributed by atoms with Crippen molar-refractivity contribution in [1.82, 2.24) is 9.80 Å². The molecule has 0 bridgehead atoms. The number of halogens is 1. The predicted octanol–water partition coefficient (Wildman–Crippen LogP) is 1.23. The number of rotatable bonds is 7. The third kappa shape index (κ3) is 4.25. The van der Waals surface area contributed by atoms with Gasteiger partial charge in [0.25, 0.3) is 5.91 Å². The van der Waals surface area contributed by atoms with Crippen LogP contribution in [-0.4, -0.2) is 94.1 Å². The minimum atomic E-state index is -2.75. The Kier molecular flexibility index (Phi) is 7.50. The van der Waals surface area contributed by atoms with Crippen molar-refractivity contribution in [2.24, 2.45) is 23.5 Å². The van der Waals surface area contributed by atoms with Crippen molar-refractivity contribution in [3.63, 3.8) is 0 Å². The topological polar surface area (TPSA) is 177 Å². The number of nitrogens with zero attached hydrogens (tertiary/aromatic N) is 2. The van der Waals surface area contributed by atoms with Gasteiger partial charge in [-0.3, -0.25) is 19.3 Å².